The van der Waals surface area contributed by atoms with Crippen LogP contribution in [0.15, 0.2) is 58.1 Å². The topological polar surface area (TPSA) is 62.5 Å². The summed E-state index contributed by atoms with van der Waals surface area (Å²) >= 11 is 1.60. The average Bonchev–Trinajstić information content (AvgIpc) is 3.18. The first-order valence-corrected chi connectivity index (χ1v) is 10.7. The van der Waals surface area contributed by atoms with Gasteiger partial charge in [-0.15, -0.1) is 11.8 Å². The van der Waals surface area contributed by atoms with Crippen LogP contribution in [0.3, 0.4) is 0 Å². The number of pyridine rings is 1. The monoisotopic (exact) mass is 408 g/mol. The summed E-state index contributed by atoms with van der Waals surface area (Å²) in [6, 6.07) is 13.8. The van der Waals surface area contributed by atoms with Crippen molar-refractivity contribution in [2.75, 3.05) is 31.1 Å². The van der Waals surface area contributed by atoms with E-state index in [4.69, 9.17) is 4.52 Å². The molecule has 0 aliphatic carbocycles. The lowest BCUT2D eigenvalue weighted by atomic mass is 10.1. The Balaban J connectivity index is 1.40. The molecule has 6 nitrogen and oxygen atoms in total. The normalized spacial score (nSPS) is 14.3. The van der Waals surface area contributed by atoms with Crippen LogP contribution >= 0.6 is 11.8 Å². The maximum atomic E-state index is 13.2. The summed E-state index contributed by atoms with van der Waals surface area (Å²) in [7, 11) is 0. The first-order valence-electron chi connectivity index (χ1n) is 9.71. The van der Waals surface area contributed by atoms with E-state index in [9.17, 15) is 4.79 Å². The lowest BCUT2D eigenvalue weighted by Gasteiger charge is -2.35. The molecule has 3 aromatic rings. The third-order valence-corrected chi connectivity index (χ3v) is 6.05. The van der Waals surface area contributed by atoms with Gasteiger partial charge in [0.05, 0.1) is 17.0 Å². The first-order chi connectivity index (χ1) is 14.1. The highest BCUT2D eigenvalue weighted by Gasteiger charge is 2.24. The van der Waals surface area contributed by atoms with E-state index in [0.717, 1.165) is 46.4 Å². The number of hydrogen-bond acceptors (Lipinski definition) is 6. The molecule has 150 valence electrons. The SMILES string of the molecule is Cc1ccc(N2CCN(C(=O)c3ccccc3SCc3cc(C)no3)CC2)nc1. The van der Waals surface area contributed by atoms with Crippen molar-refractivity contribution in [2.45, 2.75) is 24.5 Å². The van der Waals surface area contributed by atoms with Crippen LogP contribution in [0.4, 0.5) is 5.82 Å². The average molecular weight is 409 g/mol. The molecule has 1 saturated heterocycles. The van der Waals surface area contributed by atoms with Crippen molar-refractivity contribution in [1.82, 2.24) is 15.0 Å². The van der Waals surface area contributed by atoms with Crippen LogP contribution in [0.1, 0.15) is 27.4 Å². The zero-order valence-electron chi connectivity index (χ0n) is 16.7. The number of nitrogens with zero attached hydrogens (tertiary/aromatic N) is 4. The van der Waals surface area contributed by atoms with Gasteiger partial charge in [-0.25, -0.2) is 4.98 Å². The number of hydrogen-bond donors (Lipinski definition) is 0. The molecule has 0 saturated carbocycles. The fraction of sp³-hybridized carbons (Fsp3) is 0.318. The summed E-state index contributed by atoms with van der Waals surface area (Å²) in [6.45, 7) is 6.89. The van der Waals surface area contributed by atoms with Gasteiger partial charge in [0.15, 0.2) is 0 Å². The van der Waals surface area contributed by atoms with Crippen molar-refractivity contribution < 1.29 is 9.32 Å². The second-order valence-electron chi connectivity index (χ2n) is 7.19. The van der Waals surface area contributed by atoms with E-state index in [1.54, 1.807) is 11.8 Å². The highest BCUT2D eigenvalue weighted by molar-refractivity contribution is 7.98. The summed E-state index contributed by atoms with van der Waals surface area (Å²) in [5, 5.41) is 3.92. The highest BCUT2D eigenvalue weighted by atomic mass is 32.2. The summed E-state index contributed by atoms with van der Waals surface area (Å²) in [4.78, 5) is 22.8. The van der Waals surface area contributed by atoms with Crippen LogP contribution in [0.2, 0.25) is 0 Å². The molecule has 29 heavy (non-hydrogen) atoms. The lowest BCUT2D eigenvalue weighted by Crippen LogP contribution is -2.49. The van der Waals surface area contributed by atoms with Gasteiger partial charge in [0.25, 0.3) is 5.91 Å². The fourth-order valence-corrected chi connectivity index (χ4v) is 4.28. The third kappa shape index (κ3) is 4.62. The van der Waals surface area contributed by atoms with E-state index in [0.29, 0.717) is 18.8 Å². The number of thioether (sulfide) groups is 1. The Morgan fingerprint density at radius 3 is 2.59 bits per heavy atom. The summed E-state index contributed by atoms with van der Waals surface area (Å²) < 4.78 is 5.29. The van der Waals surface area contributed by atoms with Gasteiger partial charge in [-0.1, -0.05) is 23.4 Å². The van der Waals surface area contributed by atoms with E-state index in [-0.39, 0.29) is 5.91 Å². The van der Waals surface area contributed by atoms with Crippen LogP contribution in [0.5, 0.6) is 0 Å². The molecule has 7 heteroatoms. The Kier molecular flexibility index (Phi) is 5.85. The number of carbonyl (C=O) groups is 1. The Morgan fingerprint density at radius 1 is 1.10 bits per heavy atom. The zero-order chi connectivity index (χ0) is 20.2. The van der Waals surface area contributed by atoms with Gasteiger partial charge in [-0.2, -0.15) is 0 Å². The Labute approximate surface area is 174 Å². The van der Waals surface area contributed by atoms with Gasteiger partial charge in [0.1, 0.15) is 11.6 Å². The number of anilines is 1. The first kappa shape index (κ1) is 19.5. The maximum Gasteiger partial charge on any atom is 0.255 e. The molecule has 1 aromatic carbocycles. The Morgan fingerprint density at radius 2 is 1.90 bits per heavy atom. The molecule has 3 heterocycles. The van der Waals surface area contributed by atoms with E-state index >= 15 is 0 Å². The molecule has 0 spiro atoms. The molecule has 0 N–H and O–H groups in total. The number of carbonyl (C=O) groups excluding carboxylic acids is 1. The molecule has 1 aliphatic heterocycles. The van der Waals surface area contributed by atoms with Crippen LogP contribution in [-0.2, 0) is 5.75 Å². The molecule has 1 fully saturated rings. The van der Waals surface area contributed by atoms with Gasteiger partial charge in [-0.3, -0.25) is 4.79 Å². The predicted molar refractivity (Wildman–Crippen MR) is 114 cm³/mol. The second kappa shape index (κ2) is 8.69. The summed E-state index contributed by atoms with van der Waals surface area (Å²) in [6.07, 6.45) is 1.89. The van der Waals surface area contributed by atoms with E-state index in [1.807, 2.05) is 61.3 Å². The standard InChI is InChI=1S/C22H24N4O2S/c1-16-7-8-21(23-14-16)25-9-11-26(12-10-25)22(27)19-5-3-4-6-20(19)29-15-18-13-17(2)24-28-18/h3-8,13-14H,9-12,15H2,1-2H3. The molecule has 0 unspecified atom stereocenters. The quantitative estimate of drug-likeness (QED) is 0.596. The van der Waals surface area contributed by atoms with Gasteiger partial charge < -0.3 is 14.3 Å². The minimum Gasteiger partial charge on any atom is -0.360 e. The maximum absolute atomic E-state index is 13.2. The van der Waals surface area contributed by atoms with Crippen molar-refractivity contribution >= 4 is 23.5 Å². The van der Waals surface area contributed by atoms with Crippen LogP contribution in [-0.4, -0.2) is 47.1 Å². The minimum absolute atomic E-state index is 0.0818. The molecular formula is C22H24N4O2S. The molecule has 4 rings (SSSR count). The van der Waals surface area contributed by atoms with Crippen molar-refractivity contribution in [3.8, 4) is 0 Å². The van der Waals surface area contributed by atoms with Crippen molar-refractivity contribution in [1.29, 1.82) is 0 Å². The number of rotatable bonds is 5. The van der Waals surface area contributed by atoms with Crippen molar-refractivity contribution in [2.24, 2.45) is 0 Å². The number of benzene rings is 1. The second-order valence-corrected chi connectivity index (χ2v) is 8.21. The predicted octanol–water partition coefficient (Wildman–Crippen LogP) is 3.94. The molecule has 1 aliphatic rings. The number of aryl methyl sites for hydroxylation is 2. The molecule has 1 amide bonds. The van der Waals surface area contributed by atoms with Crippen molar-refractivity contribution in [3.63, 3.8) is 0 Å². The summed E-state index contributed by atoms with van der Waals surface area (Å²) in [5.41, 5.74) is 2.76. The lowest BCUT2D eigenvalue weighted by molar-refractivity contribution is 0.0743. The van der Waals surface area contributed by atoms with Crippen LogP contribution in [0, 0.1) is 13.8 Å². The molecular weight excluding hydrogens is 384 g/mol. The van der Waals surface area contributed by atoms with Gasteiger partial charge >= 0.3 is 0 Å². The van der Waals surface area contributed by atoms with E-state index in [2.05, 4.69) is 21.1 Å². The number of amides is 1. The van der Waals surface area contributed by atoms with Crippen LogP contribution < -0.4 is 4.90 Å². The smallest absolute Gasteiger partial charge is 0.255 e. The number of aromatic nitrogens is 2. The van der Waals surface area contributed by atoms with Crippen LogP contribution in [0.25, 0.3) is 0 Å². The Bertz CT molecular complexity index is 978. The molecule has 0 atom stereocenters. The largest absolute Gasteiger partial charge is 0.360 e. The Hall–Kier alpha value is -2.80. The van der Waals surface area contributed by atoms with E-state index in [1.165, 1.54) is 0 Å². The van der Waals surface area contributed by atoms with Gasteiger partial charge in [0.2, 0.25) is 0 Å². The van der Waals surface area contributed by atoms with Gasteiger partial charge in [0, 0.05) is 43.3 Å². The molecule has 2 aromatic heterocycles. The third-order valence-electron chi connectivity index (χ3n) is 4.95. The highest BCUT2D eigenvalue weighted by Crippen LogP contribution is 2.28. The minimum atomic E-state index is 0.0818. The number of piperazine rings is 1. The fourth-order valence-electron chi connectivity index (χ4n) is 3.36. The summed E-state index contributed by atoms with van der Waals surface area (Å²) in [5.74, 6) is 2.52. The molecule has 0 bridgehead atoms. The molecule has 0 radical (unpaired) electrons. The van der Waals surface area contributed by atoms with Gasteiger partial charge in [-0.05, 0) is 37.6 Å². The zero-order valence-corrected chi connectivity index (χ0v) is 17.5. The van der Waals surface area contributed by atoms with E-state index < -0.39 is 0 Å². The van der Waals surface area contributed by atoms with Crippen molar-refractivity contribution in [3.05, 3.63) is 71.2 Å².